The number of nitrogen functional groups attached to an aromatic ring is 1. The summed E-state index contributed by atoms with van der Waals surface area (Å²) in [6.45, 7) is 0. The summed E-state index contributed by atoms with van der Waals surface area (Å²) in [5.41, 5.74) is 11.5. The molecule has 2 heterocycles. The Balaban J connectivity index is 2.46. The molecule has 0 fully saturated rings. The van der Waals surface area contributed by atoms with Gasteiger partial charge < -0.3 is 11.5 Å². The average Bonchev–Trinajstić information content (AvgIpc) is 2.29. The second-order valence-electron chi connectivity index (χ2n) is 3.10. The lowest BCUT2D eigenvalue weighted by molar-refractivity contribution is 0.100. The minimum absolute atomic E-state index is 0.0707. The number of hydrogen-bond acceptors (Lipinski definition) is 5. The SMILES string of the molecule is NC(=O)c1cnc(-c2cccnc2)nc1N. The normalized spacial score (nSPS) is 10.0. The fourth-order valence-electron chi connectivity index (χ4n) is 1.22. The van der Waals surface area contributed by atoms with Crippen molar-refractivity contribution in [2.45, 2.75) is 0 Å². The molecule has 80 valence electrons. The van der Waals surface area contributed by atoms with E-state index in [4.69, 9.17) is 11.5 Å². The van der Waals surface area contributed by atoms with Crippen molar-refractivity contribution in [3.05, 3.63) is 36.3 Å². The van der Waals surface area contributed by atoms with Crippen LogP contribution in [-0.4, -0.2) is 20.9 Å². The van der Waals surface area contributed by atoms with Crippen molar-refractivity contribution in [1.82, 2.24) is 15.0 Å². The molecule has 0 unspecified atom stereocenters. The Labute approximate surface area is 91.4 Å². The maximum absolute atomic E-state index is 10.9. The molecule has 6 heteroatoms. The number of hydrogen-bond donors (Lipinski definition) is 2. The lowest BCUT2D eigenvalue weighted by Crippen LogP contribution is -2.15. The van der Waals surface area contributed by atoms with Crippen molar-refractivity contribution in [2.24, 2.45) is 5.73 Å². The molecule has 0 saturated heterocycles. The third kappa shape index (κ3) is 1.81. The lowest BCUT2D eigenvalue weighted by atomic mass is 10.2. The van der Waals surface area contributed by atoms with Gasteiger partial charge in [0.05, 0.1) is 5.56 Å². The van der Waals surface area contributed by atoms with Crippen LogP contribution < -0.4 is 11.5 Å². The van der Waals surface area contributed by atoms with Gasteiger partial charge in [0.15, 0.2) is 5.82 Å². The van der Waals surface area contributed by atoms with E-state index in [0.29, 0.717) is 5.82 Å². The summed E-state index contributed by atoms with van der Waals surface area (Å²) in [5.74, 6) is -0.160. The maximum atomic E-state index is 10.9. The van der Waals surface area contributed by atoms with E-state index >= 15 is 0 Å². The van der Waals surface area contributed by atoms with Crippen molar-refractivity contribution >= 4 is 11.7 Å². The molecule has 0 aliphatic heterocycles. The fraction of sp³-hybridized carbons (Fsp3) is 0. The highest BCUT2D eigenvalue weighted by Crippen LogP contribution is 2.15. The second kappa shape index (κ2) is 3.93. The van der Waals surface area contributed by atoms with Gasteiger partial charge in [0.2, 0.25) is 0 Å². The zero-order valence-corrected chi connectivity index (χ0v) is 8.29. The Bertz CT molecular complexity index is 526. The van der Waals surface area contributed by atoms with E-state index in [1.165, 1.54) is 6.20 Å². The van der Waals surface area contributed by atoms with Crippen LogP contribution >= 0.6 is 0 Å². The predicted octanol–water partition coefficient (Wildman–Crippen LogP) is 0.220. The van der Waals surface area contributed by atoms with Crippen molar-refractivity contribution in [2.75, 3.05) is 5.73 Å². The molecular formula is C10H9N5O. The number of aromatic nitrogens is 3. The zero-order valence-electron chi connectivity index (χ0n) is 8.29. The van der Waals surface area contributed by atoms with Gasteiger partial charge >= 0.3 is 0 Å². The monoisotopic (exact) mass is 215 g/mol. The van der Waals surface area contributed by atoms with E-state index in [-0.39, 0.29) is 11.4 Å². The van der Waals surface area contributed by atoms with E-state index < -0.39 is 5.91 Å². The number of anilines is 1. The van der Waals surface area contributed by atoms with E-state index in [2.05, 4.69) is 15.0 Å². The Morgan fingerprint density at radius 1 is 1.31 bits per heavy atom. The van der Waals surface area contributed by atoms with Gasteiger partial charge in [-0.05, 0) is 12.1 Å². The molecule has 2 rings (SSSR count). The Morgan fingerprint density at radius 3 is 2.69 bits per heavy atom. The average molecular weight is 215 g/mol. The Kier molecular flexibility index (Phi) is 2.47. The molecule has 0 atom stereocenters. The van der Waals surface area contributed by atoms with Gasteiger partial charge in [-0.15, -0.1) is 0 Å². The number of pyridine rings is 1. The van der Waals surface area contributed by atoms with Gasteiger partial charge in [-0.1, -0.05) is 0 Å². The van der Waals surface area contributed by atoms with Gasteiger partial charge in [0, 0.05) is 24.2 Å². The Morgan fingerprint density at radius 2 is 2.12 bits per heavy atom. The molecule has 2 aromatic rings. The molecule has 0 aliphatic carbocycles. The van der Waals surface area contributed by atoms with Crippen LogP contribution in [0.25, 0.3) is 11.4 Å². The lowest BCUT2D eigenvalue weighted by Gasteiger charge is -2.03. The number of nitrogens with two attached hydrogens (primary N) is 2. The number of rotatable bonds is 2. The predicted molar refractivity (Wildman–Crippen MR) is 58.2 cm³/mol. The van der Waals surface area contributed by atoms with Gasteiger partial charge in [-0.2, -0.15) is 0 Å². The molecule has 4 N–H and O–H groups in total. The highest BCUT2D eigenvalue weighted by Gasteiger charge is 2.09. The van der Waals surface area contributed by atoms with Crippen LogP contribution in [0.15, 0.2) is 30.7 Å². The Hall–Kier alpha value is -2.50. The number of nitrogens with zero attached hydrogens (tertiary/aromatic N) is 3. The summed E-state index contributed by atoms with van der Waals surface area (Å²) in [6, 6.07) is 3.56. The molecule has 0 aromatic carbocycles. The third-order valence-electron chi connectivity index (χ3n) is 2.00. The highest BCUT2D eigenvalue weighted by molar-refractivity contribution is 5.96. The maximum Gasteiger partial charge on any atom is 0.254 e. The van der Waals surface area contributed by atoms with E-state index in [9.17, 15) is 4.79 Å². The molecular weight excluding hydrogens is 206 g/mol. The topological polar surface area (TPSA) is 108 Å². The van der Waals surface area contributed by atoms with Crippen molar-refractivity contribution in [3.8, 4) is 11.4 Å². The molecule has 0 aliphatic rings. The van der Waals surface area contributed by atoms with Crippen molar-refractivity contribution in [3.63, 3.8) is 0 Å². The first kappa shape index (κ1) is 10.0. The fourth-order valence-corrected chi connectivity index (χ4v) is 1.22. The van der Waals surface area contributed by atoms with E-state index in [1.54, 1.807) is 24.5 Å². The number of carbonyl (C=O) groups excluding carboxylic acids is 1. The van der Waals surface area contributed by atoms with Crippen LogP contribution in [-0.2, 0) is 0 Å². The summed E-state index contributed by atoms with van der Waals surface area (Å²) < 4.78 is 0. The van der Waals surface area contributed by atoms with Crippen molar-refractivity contribution < 1.29 is 4.79 Å². The minimum Gasteiger partial charge on any atom is -0.383 e. The van der Waals surface area contributed by atoms with Crippen LogP contribution in [0, 0.1) is 0 Å². The van der Waals surface area contributed by atoms with Crippen LogP contribution in [0.2, 0.25) is 0 Å². The van der Waals surface area contributed by atoms with Gasteiger partial charge in [-0.3, -0.25) is 9.78 Å². The molecule has 1 amide bonds. The quantitative estimate of drug-likeness (QED) is 0.744. The molecule has 16 heavy (non-hydrogen) atoms. The summed E-state index contributed by atoms with van der Waals surface area (Å²) >= 11 is 0. The second-order valence-corrected chi connectivity index (χ2v) is 3.10. The summed E-state index contributed by atoms with van der Waals surface area (Å²) in [7, 11) is 0. The molecule has 6 nitrogen and oxygen atoms in total. The number of amides is 1. The minimum atomic E-state index is -0.643. The molecule has 0 bridgehead atoms. The molecule has 0 spiro atoms. The van der Waals surface area contributed by atoms with E-state index in [0.717, 1.165) is 5.56 Å². The number of primary amides is 1. The van der Waals surface area contributed by atoms with E-state index in [1.807, 2.05) is 0 Å². The van der Waals surface area contributed by atoms with Gasteiger partial charge in [0.25, 0.3) is 5.91 Å². The first-order valence-electron chi connectivity index (χ1n) is 4.51. The molecule has 0 saturated carbocycles. The number of carbonyl (C=O) groups is 1. The summed E-state index contributed by atoms with van der Waals surface area (Å²) in [5, 5.41) is 0. The largest absolute Gasteiger partial charge is 0.383 e. The highest BCUT2D eigenvalue weighted by atomic mass is 16.1. The van der Waals surface area contributed by atoms with Crippen LogP contribution in [0.3, 0.4) is 0 Å². The molecule has 0 radical (unpaired) electrons. The van der Waals surface area contributed by atoms with Crippen LogP contribution in [0.1, 0.15) is 10.4 Å². The first-order valence-corrected chi connectivity index (χ1v) is 4.51. The van der Waals surface area contributed by atoms with Gasteiger partial charge in [0.1, 0.15) is 5.82 Å². The first-order chi connectivity index (χ1) is 7.68. The summed E-state index contributed by atoms with van der Waals surface area (Å²) in [6.07, 6.45) is 4.57. The van der Waals surface area contributed by atoms with Crippen LogP contribution in [0.5, 0.6) is 0 Å². The third-order valence-corrected chi connectivity index (χ3v) is 2.00. The molecule has 2 aromatic heterocycles. The standard InChI is InChI=1S/C10H9N5O/c11-8-7(9(12)16)5-14-10(15-8)6-2-1-3-13-4-6/h1-5H,(H2,12,16)(H2,11,14,15). The van der Waals surface area contributed by atoms with Crippen molar-refractivity contribution in [1.29, 1.82) is 0 Å². The summed E-state index contributed by atoms with van der Waals surface area (Å²) in [4.78, 5) is 22.8. The zero-order chi connectivity index (χ0) is 11.5. The van der Waals surface area contributed by atoms with Gasteiger partial charge in [-0.25, -0.2) is 9.97 Å². The van der Waals surface area contributed by atoms with Crippen LogP contribution in [0.4, 0.5) is 5.82 Å². The smallest absolute Gasteiger partial charge is 0.254 e.